The van der Waals surface area contributed by atoms with Gasteiger partial charge in [-0.05, 0) is 69.7 Å². The number of likely N-dealkylation sites (tertiary alicyclic amines) is 2. The van der Waals surface area contributed by atoms with Crippen LogP contribution >= 0.6 is 0 Å². The van der Waals surface area contributed by atoms with E-state index in [1.165, 1.54) is 38.6 Å². The highest BCUT2D eigenvalue weighted by Gasteiger charge is 2.20. The molecular weight excluding hydrogens is 386 g/mol. The fourth-order valence-corrected chi connectivity index (χ4v) is 4.68. The molecule has 2 heterocycles. The van der Waals surface area contributed by atoms with Gasteiger partial charge in [0, 0.05) is 44.3 Å². The molecule has 0 radical (unpaired) electrons. The zero-order chi connectivity index (χ0) is 21.9. The molecule has 1 atom stereocenters. The lowest BCUT2D eigenvalue weighted by Crippen LogP contribution is -2.45. The molecule has 31 heavy (non-hydrogen) atoms. The van der Waals surface area contributed by atoms with Gasteiger partial charge >= 0.3 is 0 Å². The third-order valence-electron chi connectivity index (χ3n) is 6.52. The van der Waals surface area contributed by atoms with Gasteiger partial charge in [0.05, 0.1) is 6.54 Å². The second-order valence-electron chi connectivity index (χ2n) is 8.77. The predicted octanol–water partition coefficient (Wildman–Crippen LogP) is 3.63. The fourth-order valence-electron chi connectivity index (χ4n) is 4.68. The van der Waals surface area contributed by atoms with Gasteiger partial charge in [0.2, 0.25) is 0 Å². The van der Waals surface area contributed by atoms with Gasteiger partial charge in [0.15, 0.2) is 5.96 Å². The molecule has 2 fully saturated rings. The number of piperidine rings is 2. The number of carbonyl (C=O) groups is 1. The van der Waals surface area contributed by atoms with Crippen LogP contribution in [-0.2, 0) is 6.54 Å². The number of aliphatic imine (C=N–C) groups is 1. The summed E-state index contributed by atoms with van der Waals surface area (Å²) in [5.41, 5.74) is 1.90. The van der Waals surface area contributed by atoms with Gasteiger partial charge in [-0.2, -0.15) is 0 Å². The third kappa shape index (κ3) is 7.23. The SMILES string of the molecule is CCNC(=NCc1ccc(C(=O)N2CCCCC2)cc1)NCCN1CCCCC1CC. The average Bonchev–Trinajstić information content (AvgIpc) is 2.83. The van der Waals surface area contributed by atoms with Crippen molar-refractivity contribution >= 4 is 11.9 Å². The minimum atomic E-state index is 0.160. The molecule has 0 bridgehead atoms. The maximum Gasteiger partial charge on any atom is 0.253 e. The van der Waals surface area contributed by atoms with Crippen LogP contribution in [-0.4, -0.2) is 67.0 Å². The third-order valence-corrected chi connectivity index (χ3v) is 6.52. The summed E-state index contributed by atoms with van der Waals surface area (Å²) in [5.74, 6) is 1.02. The summed E-state index contributed by atoms with van der Waals surface area (Å²) in [6, 6.07) is 8.70. The standard InChI is InChI=1S/C25H41N5O/c1-3-23-10-6-9-16-29(23)19-15-27-25(26-4-2)28-20-21-11-13-22(14-12-21)24(31)30-17-7-5-8-18-30/h11-14,23H,3-10,15-20H2,1-2H3,(H2,26,27,28). The van der Waals surface area contributed by atoms with Crippen molar-refractivity contribution in [2.45, 2.75) is 71.4 Å². The molecule has 1 unspecified atom stereocenters. The maximum atomic E-state index is 12.6. The van der Waals surface area contributed by atoms with E-state index in [0.717, 1.165) is 68.7 Å². The molecule has 0 saturated carbocycles. The quantitative estimate of drug-likeness (QED) is 0.491. The summed E-state index contributed by atoms with van der Waals surface area (Å²) in [6.07, 6.45) is 8.74. The highest BCUT2D eigenvalue weighted by Crippen LogP contribution is 2.18. The molecule has 2 aliphatic rings. The Labute approximate surface area is 188 Å². The summed E-state index contributed by atoms with van der Waals surface area (Å²) >= 11 is 0. The van der Waals surface area contributed by atoms with E-state index in [0.29, 0.717) is 6.54 Å². The minimum Gasteiger partial charge on any atom is -0.357 e. The molecule has 1 aromatic rings. The second-order valence-corrected chi connectivity index (χ2v) is 8.77. The molecule has 6 nitrogen and oxygen atoms in total. The van der Waals surface area contributed by atoms with Crippen molar-refractivity contribution in [1.29, 1.82) is 0 Å². The maximum absolute atomic E-state index is 12.6. The Morgan fingerprint density at radius 1 is 1.00 bits per heavy atom. The topological polar surface area (TPSA) is 60.0 Å². The second kappa shape index (κ2) is 12.7. The van der Waals surface area contributed by atoms with Gasteiger partial charge in [-0.3, -0.25) is 9.69 Å². The summed E-state index contributed by atoms with van der Waals surface area (Å²) in [7, 11) is 0. The summed E-state index contributed by atoms with van der Waals surface area (Å²) < 4.78 is 0. The van der Waals surface area contributed by atoms with Gasteiger partial charge in [-0.25, -0.2) is 4.99 Å². The summed E-state index contributed by atoms with van der Waals surface area (Å²) in [4.78, 5) is 22.0. The van der Waals surface area contributed by atoms with Crippen LogP contribution < -0.4 is 10.6 Å². The van der Waals surface area contributed by atoms with Crippen LogP contribution in [0.3, 0.4) is 0 Å². The molecule has 2 N–H and O–H groups in total. The van der Waals surface area contributed by atoms with Gasteiger partial charge in [0.25, 0.3) is 5.91 Å². The first-order chi connectivity index (χ1) is 15.2. The molecule has 172 valence electrons. The fraction of sp³-hybridized carbons (Fsp3) is 0.680. The Morgan fingerprint density at radius 2 is 1.74 bits per heavy atom. The lowest BCUT2D eigenvalue weighted by atomic mass is 10.0. The Bertz CT molecular complexity index is 696. The molecule has 6 heteroatoms. The van der Waals surface area contributed by atoms with Crippen LogP contribution in [0.1, 0.15) is 74.7 Å². The van der Waals surface area contributed by atoms with E-state index in [2.05, 4.69) is 29.4 Å². The number of hydrogen-bond donors (Lipinski definition) is 2. The average molecular weight is 428 g/mol. The van der Waals surface area contributed by atoms with Crippen LogP contribution in [0.5, 0.6) is 0 Å². The van der Waals surface area contributed by atoms with Gasteiger partial charge in [0.1, 0.15) is 0 Å². The van der Waals surface area contributed by atoms with Gasteiger partial charge in [-0.1, -0.05) is 25.5 Å². The number of benzene rings is 1. The highest BCUT2D eigenvalue weighted by atomic mass is 16.2. The number of nitrogens with zero attached hydrogens (tertiary/aromatic N) is 3. The van der Waals surface area contributed by atoms with Crippen LogP contribution in [0, 0.1) is 0 Å². The summed E-state index contributed by atoms with van der Waals surface area (Å²) in [6.45, 7) is 10.8. The predicted molar refractivity (Wildman–Crippen MR) is 129 cm³/mol. The number of amides is 1. The van der Waals surface area contributed by atoms with Crippen LogP contribution in [0.4, 0.5) is 0 Å². The molecule has 2 saturated heterocycles. The number of hydrogen-bond acceptors (Lipinski definition) is 3. The molecule has 0 spiro atoms. The molecule has 1 aromatic carbocycles. The molecule has 2 aliphatic heterocycles. The van der Waals surface area contributed by atoms with E-state index >= 15 is 0 Å². The Balaban J connectivity index is 1.49. The van der Waals surface area contributed by atoms with Gasteiger partial charge < -0.3 is 15.5 Å². The van der Waals surface area contributed by atoms with Crippen LogP contribution in [0.25, 0.3) is 0 Å². The zero-order valence-electron chi connectivity index (χ0n) is 19.5. The lowest BCUT2D eigenvalue weighted by Gasteiger charge is -2.35. The summed E-state index contributed by atoms with van der Waals surface area (Å²) in [5, 5.41) is 6.84. The molecule has 0 aromatic heterocycles. The first kappa shape index (κ1) is 23.6. The molecule has 3 rings (SSSR count). The largest absolute Gasteiger partial charge is 0.357 e. The number of nitrogens with one attached hydrogen (secondary N) is 2. The Morgan fingerprint density at radius 3 is 2.45 bits per heavy atom. The minimum absolute atomic E-state index is 0.160. The van der Waals surface area contributed by atoms with Crippen molar-refractivity contribution in [2.24, 2.45) is 4.99 Å². The van der Waals surface area contributed by atoms with Crippen molar-refractivity contribution in [3.8, 4) is 0 Å². The Kier molecular flexibility index (Phi) is 9.66. The van der Waals surface area contributed by atoms with Crippen LogP contribution in [0.15, 0.2) is 29.3 Å². The van der Waals surface area contributed by atoms with Crippen molar-refractivity contribution in [1.82, 2.24) is 20.4 Å². The van der Waals surface area contributed by atoms with Crippen molar-refractivity contribution in [2.75, 3.05) is 39.3 Å². The number of rotatable bonds is 8. The van der Waals surface area contributed by atoms with Gasteiger partial charge in [-0.15, -0.1) is 0 Å². The first-order valence-electron chi connectivity index (χ1n) is 12.4. The molecular formula is C25H41N5O. The molecule has 1 amide bonds. The first-order valence-corrected chi connectivity index (χ1v) is 12.4. The van der Waals surface area contributed by atoms with E-state index in [4.69, 9.17) is 4.99 Å². The van der Waals surface area contributed by atoms with E-state index in [1.807, 2.05) is 29.2 Å². The van der Waals surface area contributed by atoms with Crippen molar-refractivity contribution in [3.63, 3.8) is 0 Å². The van der Waals surface area contributed by atoms with Crippen molar-refractivity contribution < 1.29 is 4.79 Å². The lowest BCUT2D eigenvalue weighted by molar-refractivity contribution is 0.0724. The normalized spacial score (nSPS) is 20.5. The van der Waals surface area contributed by atoms with E-state index in [-0.39, 0.29) is 5.91 Å². The van der Waals surface area contributed by atoms with Crippen molar-refractivity contribution in [3.05, 3.63) is 35.4 Å². The number of carbonyl (C=O) groups excluding carboxylic acids is 1. The highest BCUT2D eigenvalue weighted by molar-refractivity contribution is 5.94. The smallest absolute Gasteiger partial charge is 0.253 e. The van der Waals surface area contributed by atoms with E-state index in [9.17, 15) is 4.79 Å². The van der Waals surface area contributed by atoms with Crippen LogP contribution in [0.2, 0.25) is 0 Å². The van der Waals surface area contributed by atoms with E-state index < -0.39 is 0 Å². The monoisotopic (exact) mass is 427 g/mol. The van der Waals surface area contributed by atoms with E-state index in [1.54, 1.807) is 0 Å². The zero-order valence-corrected chi connectivity index (χ0v) is 19.5. The Hall–Kier alpha value is -2.08. The number of guanidine groups is 1. The molecule has 0 aliphatic carbocycles.